The van der Waals surface area contributed by atoms with Crippen LogP contribution in [-0.4, -0.2) is 58.9 Å². The van der Waals surface area contributed by atoms with E-state index >= 15 is 0 Å². The maximum atomic E-state index is 6.15. The van der Waals surface area contributed by atoms with E-state index in [0.717, 1.165) is 31.9 Å². The maximum Gasteiger partial charge on any atom is 0.110 e. The van der Waals surface area contributed by atoms with Crippen molar-refractivity contribution in [3.8, 4) is 0 Å². The highest BCUT2D eigenvalue weighted by molar-refractivity contribution is 4.98. The van der Waals surface area contributed by atoms with Crippen LogP contribution in [0.15, 0.2) is 12.4 Å². The van der Waals surface area contributed by atoms with E-state index in [4.69, 9.17) is 4.74 Å². The largest absolute Gasteiger partial charge is 0.374 e. The van der Waals surface area contributed by atoms with Crippen LogP contribution in [0, 0.1) is 0 Å². The molecule has 5 heteroatoms. The molecule has 0 amide bonds. The number of morpholine rings is 1. The monoisotopic (exact) mass is 278 g/mol. The molecule has 20 heavy (non-hydrogen) atoms. The minimum absolute atomic E-state index is 0.279. The van der Waals surface area contributed by atoms with Gasteiger partial charge in [0.1, 0.15) is 5.82 Å². The first-order valence-corrected chi connectivity index (χ1v) is 7.83. The van der Waals surface area contributed by atoms with Crippen molar-refractivity contribution in [1.29, 1.82) is 0 Å². The topological polar surface area (TPSA) is 42.3 Å². The number of hydrogen-bond donors (Lipinski definition) is 1. The number of likely N-dealkylation sites (N-methyl/N-ethyl adjacent to an activating group) is 1. The fourth-order valence-electron chi connectivity index (χ4n) is 3.47. The summed E-state index contributed by atoms with van der Waals surface area (Å²) in [5, 5.41) is 3.59. The Morgan fingerprint density at radius 3 is 3.20 bits per heavy atom. The summed E-state index contributed by atoms with van der Waals surface area (Å²) in [7, 11) is 2.06. The molecule has 0 aliphatic carbocycles. The lowest BCUT2D eigenvalue weighted by Gasteiger charge is -2.39. The van der Waals surface area contributed by atoms with Gasteiger partial charge in [-0.1, -0.05) is 6.92 Å². The van der Waals surface area contributed by atoms with Gasteiger partial charge >= 0.3 is 0 Å². The van der Waals surface area contributed by atoms with Crippen molar-refractivity contribution < 1.29 is 4.74 Å². The number of imidazole rings is 1. The molecule has 0 aromatic carbocycles. The van der Waals surface area contributed by atoms with E-state index in [1.54, 1.807) is 0 Å². The van der Waals surface area contributed by atoms with Crippen LogP contribution in [0.1, 0.15) is 25.6 Å². The minimum atomic E-state index is 0.279. The van der Waals surface area contributed by atoms with E-state index in [-0.39, 0.29) is 6.10 Å². The predicted molar refractivity (Wildman–Crippen MR) is 78.7 cm³/mol. The first-order valence-electron chi connectivity index (χ1n) is 7.83. The summed E-state index contributed by atoms with van der Waals surface area (Å²) >= 11 is 0. The molecule has 0 saturated carbocycles. The molecule has 2 aliphatic heterocycles. The van der Waals surface area contributed by atoms with Gasteiger partial charge in [-0.3, -0.25) is 4.90 Å². The molecule has 3 unspecified atom stereocenters. The molecule has 0 bridgehead atoms. The quantitative estimate of drug-likeness (QED) is 0.865. The Balaban J connectivity index is 1.65. The minimum Gasteiger partial charge on any atom is -0.374 e. The van der Waals surface area contributed by atoms with Gasteiger partial charge in [0.15, 0.2) is 0 Å². The van der Waals surface area contributed by atoms with Gasteiger partial charge in [-0.2, -0.15) is 0 Å². The summed E-state index contributed by atoms with van der Waals surface area (Å²) in [6.07, 6.45) is 7.72. The molecule has 0 radical (unpaired) electrons. The summed E-state index contributed by atoms with van der Waals surface area (Å²) in [6, 6.07) is 1.02. The highest BCUT2D eigenvalue weighted by Crippen LogP contribution is 2.24. The molecule has 1 N–H and O–H groups in total. The van der Waals surface area contributed by atoms with Gasteiger partial charge in [0, 0.05) is 44.5 Å². The van der Waals surface area contributed by atoms with E-state index in [2.05, 4.69) is 33.7 Å². The third kappa shape index (κ3) is 2.90. The first kappa shape index (κ1) is 14.0. The second kappa shape index (κ2) is 6.24. The van der Waals surface area contributed by atoms with Gasteiger partial charge in [-0.25, -0.2) is 4.98 Å². The molecule has 112 valence electrons. The van der Waals surface area contributed by atoms with Gasteiger partial charge in [-0.05, 0) is 25.9 Å². The van der Waals surface area contributed by atoms with Crippen molar-refractivity contribution in [2.45, 2.75) is 44.4 Å². The molecular formula is C15H26N4O. The van der Waals surface area contributed by atoms with Crippen LogP contribution < -0.4 is 5.32 Å². The summed E-state index contributed by atoms with van der Waals surface area (Å²) in [5.41, 5.74) is 0. The third-order valence-electron chi connectivity index (χ3n) is 4.65. The summed E-state index contributed by atoms with van der Waals surface area (Å²) < 4.78 is 8.26. The van der Waals surface area contributed by atoms with Crippen LogP contribution >= 0.6 is 0 Å². The number of aryl methyl sites for hydroxylation is 1. The molecular weight excluding hydrogens is 252 g/mol. The van der Waals surface area contributed by atoms with Crippen LogP contribution in [0.4, 0.5) is 0 Å². The van der Waals surface area contributed by atoms with Crippen molar-refractivity contribution >= 4 is 0 Å². The van der Waals surface area contributed by atoms with Crippen molar-refractivity contribution in [1.82, 2.24) is 19.8 Å². The fourth-order valence-corrected chi connectivity index (χ4v) is 3.47. The highest BCUT2D eigenvalue weighted by Gasteiger charge is 2.35. The number of aromatic nitrogens is 2. The van der Waals surface area contributed by atoms with Crippen molar-refractivity contribution in [2.75, 3.05) is 26.2 Å². The zero-order chi connectivity index (χ0) is 13.9. The van der Waals surface area contributed by atoms with E-state index in [1.807, 2.05) is 12.4 Å². The lowest BCUT2D eigenvalue weighted by Crippen LogP contribution is -2.55. The SMILES string of the molecule is CCNC(Cc1nccn1C)C1CN2CCCC2CO1. The van der Waals surface area contributed by atoms with E-state index < -0.39 is 0 Å². The molecule has 1 aromatic heterocycles. The molecule has 3 atom stereocenters. The van der Waals surface area contributed by atoms with Gasteiger partial charge in [0.05, 0.1) is 12.7 Å². The van der Waals surface area contributed by atoms with Gasteiger partial charge in [-0.15, -0.1) is 0 Å². The van der Waals surface area contributed by atoms with E-state index in [0.29, 0.717) is 12.1 Å². The van der Waals surface area contributed by atoms with Crippen molar-refractivity contribution in [3.05, 3.63) is 18.2 Å². The fraction of sp³-hybridized carbons (Fsp3) is 0.800. The van der Waals surface area contributed by atoms with Crippen molar-refractivity contribution in [2.24, 2.45) is 7.05 Å². The van der Waals surface area contributed by atoms with Crippen LogP contribution in [-0.2, 0) is 18.2 Å². The molecule has 2 saturated heterocycles. The Bertz CT molecular complexity index is 433. The molecule has 3 rings (SSSR count). The number of hydrogen-bond acceptors (Lipinski definition) is 4. The van der Waals surface area contributed by atoms with Crippen LogP contribution in [0.2, 0.25) is 0 Å². The molecule has 2 aliphatic rings. The van der Waals surface area contributed by atoms with Gasteiger partial charge in [0.2, 0.25) is 0 Å². The van der Waals surface area contributed by atoms with Crippen LogP contribution in [0.3, 0.4) is 0 Å². The zero-order valence-electron chi connectivity index (χ0n) is 12.6. The Morgan fingerprint density at radius 2 is 2.45 bits per heavy atom. The standard InChI is InChI=1S/C15H26N4O/c1-3-16-13(9-15-17-6-8-18(15)2)14-10-19-7-4-5-12(19)11-20-14/h6,8,12-14,16H,3-5,7,9-11H2,1-2H3. The number of nitrogens with zero attached hydrogens (tertiary/aromatic N) is 3. The van der Waals surface area contributed by atoms with Gasteiger partial charge < -0.3 is 14.6 Å². The number of ether oxygens (including phenoxy) is 1. The molecule has 3 heterocycles. The Hall–Kier alpha value is -0.910. The summed E-state index contributed by atoms with van der Waals surface area (Å²) in [4.78, 5) is 7.06. The third-order valence-corrected chi connectivity index (χ3v) is 4.65. The predicted octanol–water partition coefficient (Wildman–Crippen LogP) is 0.804. The second-order valence-corrected chi connectivity index (χ2v) is 5.99. The van der Waals surface area contributed by atoms with Crippen LogP contribution in [0.25, 0.3) is 0 Å². The lowest BCUT2D eigenvalue weighted by molar-refractivity contribution is -0.0644. The Morgan fingerprint density at radius 1 is 1.55 bits per heavy atom. The zero-order valence-corrected chi connectivity index (χ0v) is 12.6. The average Bonchev–Trinajstić information content (AvgIpc) is 3.06. The molecule has 5 nitrogen and oxygen atoms in total. The number of fused-ring (bicyclic) bond motifs is 1. The van der Waals surface area contributed by atoms with Crippen molar-refractivity contribution in [3.63, 3.8) is 0 Å². The number of rotatable bonds is 5. The summed E-state index contributed by atoms with van der Waals surface area (Å²) in [6.45, 7) is 6.33. The van der Waals surface area contributed by atoms with E-state index in [9.17, 15) is 0 Å². The molecule has 1 aromatic rings. The average molecular weight is 278 g/mol. The summed E-state index contributed by atoms with van der Waals surface area (Å²) in [5.74, 6) is 1.13. The highest BCUT2D eigenvalue weighted by atomic mass is 16.5. The molecule has 0 spiro atoms. The second-order valence-electron chi connectivity index (χ2n) is 5.99. The molecule has 2 fully saturated rings. The normalized spacial score (nSPS) is 28.5. The van der Waals surface area contributed by atoms with Gasteiger partial charge in [0.25, 0.3) is 0 Å². The lowest BCUT2D eigenvalue weighted by atomic mass is 10.0. The Labute approximate surface area is 121 Å². The Kier molecular flexibility index (Phi) is 4.38. The smallest absolute Gasteiger partial charge is 0.110 e. The maximum absolute atomic E-state index is 6.15. The number of nitrogens with one attached hydrogen (secondary N) is 1. The first-order chi connectivity index (χ1) is 9.78. The van der Waals surface area contributed by atoms with E-state index in [1.165, 1.54) is 19.4 Å². The van der Waals surface area contributed by atoms with Crippen LogP contribution in [0.5, 0.6) is 0 Å².